The minimum absolute atomic E-state index is 0.260. The first kappa shape index (κ1) is 20.7. The van der Waals surface area contributed by atoms with Crippen molar-refractivity contribution in [2.24, 2.45) is 0 Å². The number of halogens is 1. The fourth-order valence-electron chi connectivity index (χ4n) is 1.82. The summed E-state index contributed by atoms with van der Waals surface area (Å²) in [5.74, 6) is -0.878. The van der Waals surface area contributed by atoms with E-state index in [9.17, 15) is 9.59 Å². The van der Waals surface area contributed by atoms with E-state index in [0.717, 1.165) is 0 Å². The molecule has 0 aliphatic heterocycles. The molecule has 0 heterocycles. The van der Waals surface area contributed by atoms with Gasteiger partial charge in [0.05, 0.1) is 12.8 Å². The third-order valence-electron chi connectivity index (χ3n) is 3.11. The zero-order chi connectivity index (χ0) is 18.8. The lowest BCUT2D eigenvalue weighted by atomic mass is 10.2. The lowest BCUT2D eigenvalue weighted by molar-refractivity contribution is -0.141. The number of aliphatic carboxylic acids is 1. The highest BCUT2D eigenvalue weighted by Crippen LogP contribution is 2.27. The van der Waals surface area contributed by atoms with Crippen LogP contribution in [0.1, 0.15) is 6.42 Å². The number of hydrogen-bond donors (Lipinski definition) is 3. The van der Waals surface area contributed by atoms with Crippen LogP contribution in [0.15, 0.2) is 30.0 Å². The maximum Gasteiger partial charge on any atom is 0.326 e. The van der Waals surface area contributed by atoms with Gasteiger partial charge in [-0.3, -0.25) is 4.79 Å². The molecule has 9 heteroatoms. The van der Waals surface area contributed by atoms with Crippen molar-refractivity contribution in [1.29, 1.82) is 5.26 Å². The predicted molar refractivity (Wildman–Crippen MR) is 97.9 cm³/mol. The van der Waals surface area contributed by atoms with Crippen molar-refractivity contribution in [3.8, 4) is 11.8 Å². The molecule has 1 aromatic carbocycles. The van der Waals surface area contributed by atoms with Crippen molar-refractivity contribution in [3.05, 3.63) is 35.0 Å². The zero-order valence-corrected chi connectivity index (χ0v) is 15.3. The molecule has 0 aliphatic rings. The van der Waals surface area contributed by atoms with Gasteiger partial charge in [0.2, 0.25) is 0 Å². The van der Waals surface area contributed by atoms with E-state index >= 15 is 0 Å². The second-order valence-electron chi connectivity index (χ2n) is 4.80. The average Bonchev–Trinajstić information content (AvgIpc) is 2.59. The van der Waals surface area contributed by atoms with Gasteiger partial charge in [-0.2, -0.15) is 17.0 Å². The molecular weight excluding hydrogens is 366 g/mol. The van der Waals surface area contributed by atoms with E-state index < -0.39 is 17.9 Å². The van der Waals surface area contributed by atoms with Crippen LogP contribution in [0, 0.1) is 11.3 Å². The second kappa shape index (κ2) is 10.5. The van der Waals surface area contributed by atoms with Crippen molar-refractivity contribution in [2.45, 2.75) is 12.5 Å². The number of thioether (sulfide) groups is 1. The molecule has 0 fully saturated rings. The number of amides is 1. The number of carbonyl (C=O) groups is 2. The molecule has 0 radical (unpaired) electrons. The van der Waals surface area contributed by atoms with Gasteiger partial charge in [0.25, 0.3) is 5.91 Å². The van der Waals surface area contributed by atoms with Gasteiger partial charge < -0.3 is 20.5 Å². The first-order valence-corrected chi connectivity index (χ1v) is 8.93. The molecule has 1 amide bonds. The molecule has 1 rings (SSSR count). The Balaban J connectivity index is 2.88. The summed E-state index contributed by atoms with van der Waals surface area (Å²) in [6.45, 7) is 0. The van der Waals surface area contributed by atoms with Gasteiger partial charge in [0.1, 0.15) is 23.4 Å². The Morgan fingerprint density at radius 2 is 2.24 bits per heavy atom. The van der Waals surface area contributed by atoms with Gasteiger partial charge >= 0.3 is 5.97 Å². The van der Waals surface area contributed by atoms with Crippen LogP contribution in [0.25, 0.3) is 0 Å². The number of anilines is 1. The molecule has 1 unspecified atom stereocenters. The number of nitrogens with zero attached hydrogens (tertiary/aromatic N) is 1. The molecule has 134 valence electrons. The fraction of sp³-hybridized carbons (Fsp3) is 0.312. The van der Waals surface area contributed by atoms with E-state index in [-0.39, 0.29) is 12.0 Å². The second-order valence-corrected chi connectivity index (χ2v) is 6.23. The van der Waals surface area contributed by atoms with Crippen LogP contribution in [0.3, 0.4) is 0 Å². The Labute approximate surface area is 155 Å². The van der Waals surface area contributed by atoms with Crippen molar-refractivity contribution >= 4 is 40.9 Å². The highest BCUT2D eigenvalue weighted by atomic mass is 35.5. The Morgan fingerprint density at radius 3 is 2.80 bits per heavy atom. The number of nitriles is 1. The molecule has 0 aromatic heterocycles. The number of rotatable bonds is 9. The summed E-state index contributed by atoms with van der Waals surface area (Å²) in [4.78, 5) is 23.3. The van der Waals surface area contributed by atoms with Crippen LogP contribution in [0.4, 0.5) is 5.69 Å². The van der Waals surface area contributed by atoms with E-state index in [1.54, 1.807) is 24.3 Å². The Kier molecular flexibility index (Phi) is 8.67. The SMILES string of the molecule is COc1ccc(Cl)cc1N/C=C(/C#N)C(=O)NC(CCSC)C(=O)O. The molecule has 0 saturated heterocycles. The van der Waals surface area contributed by atoms with Crippen molar-refractivity contribution < 1.29 is 19.4 Å². The number of carboxylic acids is 1. The Morgan fingerprint density at radius 1 is 1.52 bits per heavy atom. The van der Waals surface area contributed by atoms with Crippen LogP contribution in [0.5, 0.6) is 5.75 Å². The van der Waals surface area contributed by atoms with Gasteiger partial charge in [-0.15, -0.1) is 0 Å². The van der Waals surface area contributed by atoms with Gasteiger partial charge in [0, 0.05) is 11.2 Å². The number of hydrogen-bond acceptors (Lipinski definition) is 6. The molecule has 0 saturated carbocycles. The van der Waals surface area contributed by atoms with Crippen LogP contribution in [-0.2, 0) is 9.59 Å². The summed E-state index contributed by atoms with van der Waals surface area (Å²) in [6, 6.07) is 5.52. The Bertz CT molecular complexity index is 703. The van der Waals surface area contributed by atoms with E-state index in [1.807, 2.05) is 6.26 Å². The maximum atomic E-state index is 12.1. The van der Waals surface area contributed by atoms with Crippen molar-refractivity contribution in [3.63, 3.8) is 0 Å². The smallest absolute Gasteiger partial charge is 0.326 e. The summed E-state index contributed by atoms with van der Waals surface area (Å²) in [5.41, 5.74) is 0.199. The maximum absolute atomic E-state index is 12.1. The highest BCUT2D eigenvalue weighted by Gasteiger charge is 2.21. The first-order chi connectivity index (χ1) is 11.9. The molecule has 0 bridgehead atoms. The first-order valence-electron chi connectivity index (χ1n) is 7.15. The van der Waals surface area contributed by atoms with Crippen molar-refractivity contribution in [1.82, 2.24) is 5.32 Å². The van der Waals surface area contributed by atoms with Gasteiger partial charge in [-0.05, 0) is 36.6 Å². The summed E-state index contributed by atoms with van der Waals surface area (Å²) in [5, 5.41) is 23.9. The summed E-state index contributed by atoms with van der Waals surface area (Å²) in [7, 11) is 1.47. The summed E-state index contributed by atoms with van der Waals surface area (Å²) in [6.07, 6.45) is 3.27. The van der Waals surface area contributed by atoms with Crippen LogP contribution in [-0.4, -0.2) is 42.1 Å². The molecular formula is C16H18ClN3O4S. The summed E-state index contributed by atoms with van der Waals surface area (Å²) < 4.78 is 5.15. The van der Waals surface area contributed by atoms with E-state index in [1.165, 1.54) is 25.1 Å². The zero-order valence-electron chi connectivity index (χ0n) is 13.7. The highest BCUT2D eigenvalue weighted by molar-refractivity contribution is 7.98. The Hall–Kier alpha value is -2.37. The largest absolute Gasteiger partial charge is 0.495 e. The van der Waals surface area contributed by atoms with Gasteiger partial charge in [-0.1, -0.05) is 11.6 Å². The number of ether oxygens (including phenoxy) is 1. The topological polar surface area (TPSA) is 111 Å². The minimum Gasteiger partial charge on any atom is -0.495 e. The number of nitrogens with one attached hydrogen (secondary N) is 2. The van der Waals surface area contributed by atoms with E-state index in [4.69, 9.17) is 26.7 Å². The van der Waals surface area contributed by atoms with Crippen LogP contribution >= 0.6 is 23.4 Å². The molecule has 7 nitrogen and oxygen atoms in total. The number of carboxylic acid groups (broad SMARTS) is 1. The van der Waals surface area contributed by atoms with Crippen molar-refractivity contribution in [2.75, 3.05) is 24.4 Å². The predicted octanol–water partition coefficient (Wildman–Crippen LogP) is 2.49. The van der Waals surface area contributed by atoms with Gasteiger partial charge in [0.15, 0.2) is 0 Å². The van der Waals surface area contributed by atoms with E-state index in [2.05, 4.69) is 10.6 Å². The van der Waals surface area contributed by atoms with Gasteiger partial charge in [-0.25, -0.2) is 4.79 Å². The lowest BCUT2D eigenvalue weighted by Crippen LogP contribution is -2.41. The normalized spacial score (nSPS) is 12.0. The number of benzene rings is 1. The molecule has 25 heavy (non-hydrogen) atoms. The summed E-state index contributed by atoms with van der Waals surface area (Å²) >= 11 is 7.38. The van der Waals surface area contributed by atoms with Crippen LogP contribution in [0.2, 0.25) is 5.02 Å². The molecule has 0 spiro atoms. The number of methoxy groups -OCH3 is 1. The quantitative estimate of drug-likeness (QED) is 0.443. The molecule has 1 atom stereocenters. The molecule has 1 aromatic rings. The fourth-order valence-corrected chi connectivity index (χ4v) is 2.46. The third kappa shape index (κ3) is 6.57. The standard InChI is InChI=1S/C16H18ClN3O4S/c1-24-14-4-3-11(17)7-13(14)19-9-10(8-18)15(21)20-12(16(22)23)5-6-25-2/h3-4,7,9,12,19H,5-6H2,1-2H3,(H,20,21)(H,22,23)/b10-9-. The molecule has 0 aliphatic carbocycles. The molecule has 3 N–H and O–H groups in total. The van der Waals surface area contributed by atoms with E-state index in [0.29, 0.717) is 22.2 Å². The number of carbonyl (C=O) groups excluding carboxylic acids is 1. The average molecular weight is 384 g/mol. The third-order valence-corrected chi connectivity index (χ3v) is 3.99. The lowest BCUT2D eigenvalue weighted by Gasteiger charge is -2.14. The van der Waals surface area contributed by atoms with Crippen LogP contribution < -0.4 is 15.4 Å². The monoisotopic (exact) mass is 383 g/mol. The minimum atomic E-state index is -1.15.